The molecule has 122 valence electrons. The van der Waals surface area contributed by atoms with Crippen LogP contribution in [0, 0.1) is 13.8 Å². The van der Waals surface area contributed by atoms with Crippen molar-refractivity contribution in [2.45, 2.75) is 20.0 Å². The molecule has 0 saturated heterocycles. The second-order valence-corrected chi connectivity index (χ2v) is 6.77. The number of nitrogens with two attached hydrogens (primary N) is 1. The van der Waals surface area contributed by atoms with E-state index in [0.29, 0.717) is 14.7 Å². The van der Waals surface area contributed by atoms with E-state index in [9.17, 15) is 19.5 Å². The molecule has 0 spiro atoms. The van der Waals surface area contributed by atoms with Gasteiger partial charge < -0.3 is 10.8 Å². The van der Waals surface area contributed by atoms with Crippen LogP contribution in [0.4, 0.5) is 4.79 Å². The molecule has 2 aromatic rings. The van der Waals surface area contributed by atoms with Crippen LogP contribution in [-0.2, 0) is 0 Å². The van der Waals surface area contributed by atoms with E-state index in [0.717, 1.165) is 0 Å². The first-order chi connectivity index (χ1) is 10.8. The molecule has 10 heteroatoms. The predicted octanol–water partition coefficient (Wildman–Crippen LogP) is 1.55. The zero-order valence-electron chi connectivity index (χ0n) is 12.3. The number of hydrogen-bond acceptors (Lipinski definition) is 8. The van der Waals surface area contributed by atoms with Crippen molar-refractivity contribution < 1.29 is 19.5 Å². The van der Waals surface area contributed by atoms with Crippen molar-refractivity contribution in [3.8, 4) is 0 Å². The fourth-order valence-electron chi connectivity index (χ4n) is 1.91. The van der Waals surface area contributed by atoms with Gasteiger partial charge in [-0.15, -0.1) is 22.7 Å². The standard InChI is InChI=1S/C13H14N4O4S2/c1-6-9(15-4-22-6)8(18)3-17(13(20)21)12(14)11(19)10-7(2)23-5-16-10/h4-5,12H,3,14H2,1-2H3,(H,20,21). The van der Waals surface area contributed by atoms with Gasteiger partial charge in [-0.05, 0) is 13.8 Å². The average Bonchev–Trinajstić information content (AvgIpc) is 3.11. The number of rotatable bonds is 6. The predicted molar refractivity (Wildman–Crippen MR) is 85.1 cm³/mol. The molecule has 1 amide bonds. The quantitative estimate of drug-likeness (QED) is 0.595. The molecule has 0 aliphatic heterocycles. The van der Waals surface area contributed by atoms with Crippen molar-refractivity contribution in [3.05, 3.63) is 32.2 Å². The van der Waals surface area contributed by atoms with Crippen molar-refractivity contribution in [2.75, 3.05) is 6.54 Å². The van der Waals surface area contributed by atoms with Gasteiger partial charge >= 0.3 is 6.09 Å². The number of hydrogen-bond donors (Lipinski definition) is 2. The largest absolute Gasteiger partial charge is 0.465 e. The van der Waals surface area contributed by atoms with Crippen LogP contribution in [0.3, 0.4) is 0 Å². The number of carboxylic acid groups (broad SMARTS) is 1. The van der Waals surface area contributed by atoms with Crippen LogP contribution in [0.25, 0.3) is 0 Å². The number of nitrogens with zero attached hydrogens (tertiary/aromatic N) is 3. The number of carbonyl (C=O) groups excluding carboxylic acids is 2. The third-order valence-electron chi connectivity index (χ3n) is 3.15. The normalized spacial score (nSPS) is 12.0. The molecule has 23 heavy (non-hydrogen) atoms. The van der Waals surface area contributed by atoms with Crippen molar-refractivity contribution in [2.24, 2.45) is 5.73 Å². The summed E-state index contributed by atoms with van der Waals surface area (Å²) in [6.07, 6.45) is -2.96. The van der Waals surface area contributed by atoms with E-state index in [1.807, 2.05) is 0 Å². The Labute approximate surface area is 139 Å². The van der Waals surface area contributed by atoms with Gasteiger partial charge in [-0.25, -0.2) is 14.8 Å². The Balaban J connectivity index is 2.20. The first-order valence-electron chi connectivity index (χ1n) is 6.45. The Morgan fingerprint density at radius 3 is 2.13 bits per heavy atom. The molecule has 0 aromatic carbocycles. The minimum atomic E-state index is -1.50. The molecule has 0 aliphatic carbocycles. The summed E-state index contributed by atoms with van der Waals surface area (Å²) in [5.41, 5.74) is 9.03. The van der Waals surface area contributed by atoms with Gasteiger partial charge in [0.05, 0.1) is 17.6 Å². The van der Waals surface area contributed by atoms with Gasteiger partial charge in [-0.1, -0.05) is 0 Å². The highest BCUT2D eigenvalue weighted by Gasteiger charge is 2.31. The highest BCUT2D eigenvalue weighted by molar-refractivity contribution is 7.10. The Hall–Kier alpha value is -2.17. The fraction of sp³-hybridized carbons (Fsp3) is 0.308. The average molecular weight is 354 g/mol. The van der Waals surface area contributed by atoms with Crippen LogP contribution in [0.5, 0.6) is 0 Å². The Kier molecular flexibility index (Phi) is 5.19. The maximum absolute atomic E-state index is 12.3. The molecule has 0 radical (unpaired) electrons. The molecule has 3 N–H and O–H groups in total. The number of ketones is 2. The molecule has 8 nitrogen and oxygen atoms in total. The third-order valence-corrected chi connectivity index (χ3v) is 4.67. The van der Waals surface area contributed by atoms with E-state index in [2.05, 4.69) is 9.97 Å². The number of aromatic nitrogens is 2. The Morgan fingerprint density at radius 1 is 1.17 bits per heavy atom. The van der Waals surface area contributed by atoms with Crippen LogP contribution in [0.15, 0.2) is 11.0 Å². The van der Waals surface area contributed by atoms with Crippen LogP contribution in [-0.4, -0.2) is 50.3 Å². The van der Waals surface area contributed by atoms with Crippen LogP contribution < -0.4 is 5.73 Å². The van der Waals surface area contributed by atoms with E-state index in [1.165, 1.54) is 33.7 Å². The van der Waals surface area contributed by atoms with E-state index in [-0.39, 0.29) is 11.4 Å². The number of thiazole rings is 2. The lowest BCUT2D eigenvalue weighted by Gasteiger charge is -2.23. The second-order valence-electron chi connectivity index (χ2n) is 4.66. The monoisotopic (exact) mass is 354 g/mol. The Bertz CT molecular complexity index is 755. The summed E-state index contributed by atoms with van der Waals surface area (Å²) in [4.78, 5) is 45.6. The maximum Gasteiger partial charge on any atom is 0.409 e. The number of amides is 1. The van der Waals surface area contributed by atoms with Gasteiger partial charge in [0.1, 0.15) is 17.6 Å². The van der Waals surface area contributed by atoms with Gasteiger partial charge in [0.25, 0.3) is 0 Å². The van der Waals surface area contributed by atoms with Crippen LogP contribution in [0.2, 0.25) is 0 Å². The highest BCUT2D eigenvalue weighted by Crippen LogP contribution is 2.16. The van der Waals surface area contributed by atoms with E-state index in [4.69, 9.17) is 5.73 Å². The number of aryl methyl sites for hydroxylation is 2. The van der Waals surface area contributed by atoms with Crippen molar-refractivity contribution >= 4 is 40.3 Å². The zero-order valence-corrected chi connectivity index (χ0v) is 14.0. The summed E-state index contributed by atoms with van der Waals surface area (Å²) < 4.78 is 0. The highest BCUT2D eigenvalue weighted by atomic mass is 32.1. The minimum absolute atomic E-state index is 0.117. The van der Waals surface area contributed by atoms with Gasteiger partial charge in [0, 0.05) is 9.75 Å². The molecular weight excluding hydrogens is 340 g/mol. The third kappa shape index (κ3) is 3.60. The fourth-order valence-corrected chi connectivity index (χ4v) is 3.09. The lowest BCUT2D eigenvalue weighted by atomic mass is 10.1. The molecule has 1 unspecified atom stereocenters. The maximum atomic E-state index is 12.3. The molecule has 0 fully saturated rings. The van der Waals surface area contributed by atoms with Crippen molar-refractivity contribution in [1.82, 2.24) is 14.9 Å². The SMILES string of the molecule is Cc1scnc1C(=O)CN(C(=O)O)C(N)C(=O)c1ncsc1C. The minimum Gasteiger partial charge on any atom is -0.465 e. The summed E-state index contributed by atoms with van der Waals surface area (Å²) in [5.74, 6) is -1.15. The topological polar surface area (TPSA) is 126 Å². The van der Waals surface area contributed by atoms with E-state index in [1.54, 1.807) is 13.8 Å². The second kappa shape index (κ2) is 6.94. The summed E-state index contributed by atoms with van der Waals surface area (Å²) in [7, 11) is 0. The van der Waals surface area contributed by atoms with Gasteiger partial charge in [-0.3, -0.25) is 14.5 Å². The van der Waals surface area contributed by atoms with Crippen LogP contribution in [0.1, 0.15) is 30.7 Å². The van der Waals surface area contributed by atoms with Gasteiger partial charge in [-0.2, -0.15) is 0 Å². The molecule has 0 bridgehead atoms. The molecular formula is C13H14N4O4S2. The first kappa shape index (κ1) is 17.2. The summed E-state index contributed by atoms with van der Waals surface area (Å²) in [6.45, 7) is 2.85. The Morgan fingerprint density at radius 2 is 1.70 bits per heavy atom. The zero-order chi connectivity index (χ0) is 17.1. The lowest BCUT2D eigenvalue weighted by molar-refractivity contribution is 0.0737. The smallest absolute Gasteiger partial charge is 0.409 e. The van der Waals surface area contributed by atoms with E-state index >= 15 is 0 Å². The lowest BCUT2D eigenvalue weighted by Crippen LogP contribution is -2.52. The van der Waals surface area contributed by atoms with Crippen LogP contribution >= 0.6 is 22.7 Å². The molecule has 2 heterocycles. The molecule has 2 rings (SSSR count). The van der Waals surface area contributed by atoms with Crippen molar-refractivity contribution in [3.63, 3.8) is 0 Å². The molecule has 1 atom stereocenters. The summed E-state index contributed by atoms with van der Waals surface area (Å²) in [6, 6.07) is 0. The molecule has 2 aromatic heterocycles. The number of carbonyl (C=O) groups is 3. The first-order valence-corrected chi connectivity index (χ1v) is 8.21. The summed E-state index contributed by atoms with van der Waals surface area (Å²) >= 11 is 2.53. The van der Waals surface area contributed by atoms with Crippen molar-refractivity contribution in [1.29, 1.82) is 0 Å². The molecule has 0 aliphatic rings. The van der Waals surface area contributed by atoms with Gasteiger partial charge in [0.2, 0.25) is 11.6 Å². The number of Topliss-reactive ketones (excluding diaryl/α,β-unsaturated/α-hetero) is 2. The molecule has 0 saturated carbocycles. The summed E-state index contributed by atoms with van der Waals surface area (Å²) in [5, 5.41) is 9.28. The van der Waals surface area contributed by atoms with E-state index < -0.39 is 30.4 Å². The van der Waals surface area contributed by atoms with Gasteiger partial charge in [0.15, 0.2) is 0 Å².